The van der Waals surface area contributed by atoms with Gasteiger partial charge in [-0.25, -0.2) is 9.37 Å². The number of likely N-dealkylation sites (N-methyl/N-ethyl adjacent to an activating group) is 1. The van der Waals surface area contributed by atoms with Crippen LogP contribution in [0.2, 0.25) is 0 Å². The fraction of sp³-hybridized carbons (Fsp3) is 0.545. The maximum Gasteiger partial charge on any atom is 0.418 e. The van der Waals surface area contributed by atoms with Crippen LogP contribution in [0.25, 0.3) is 0 Å². The van der Waals surface area contributed by atoms with Crippen molar-refractivity contribution in [3.63, 3.8) is 0 Å². The summed E-state index contributed by atoms with van der Waals surface area (Å²) in [6.07, 6.45) is 1.73. The molecule has 174 valence electrons. The number of benzene rings is 1. The average molecular weight is 453 g/mol. The van der Waals surface area contributed by atoms with Crippen LogP contribution in [0.1, 0.15) is 37.7 Å². The van der Waals surface area contributed by atoms with Crippen LogP contribution in [0.4, 0.5) is 40.7 Å². The number of anilines is 4. The number of piperazine rings is 1. The van der Waals surface area contributed by atoms with Crippen molar-refractivity contribution in [3.05, 3.63) is 35.8 Å². The summed E-state index contributed by atoms with van der Waals surface area (Å²) in [5.41, 5.74) is -0.351. The number of alkyl halides is 3. The quantitative estimate of drug-likeness (QED) is 0.631. The Hall–Kier alpha value is -2.62. The molecule has 2 heterocycles. The second-order valence-corrected chi connectivity index (χ2v) is 8.51. The van der Waals surface area contributed by atoms with Crippen LogP contribution >= 0.6 is 0 Å². The van der Waals surface area contributed by atoms with Gasteiger partial charge in [0, 0.05) is 43.6 Å². The molecule has 32 heavy (non-hydrogen) atoms. The van der Waals surface area contributed by atoms with E-state index < -0.39 is 17.6 Å². The molecule has 1 saturated heterocycles. The number of aromatic nitrogens is 2. The Labute approximate surface area is 185 Å². The van der Waals surface area contributed by atoms with Crippen molar-refractivity contribution in [1.82, 2.24) is 14.9 Å². The van der Waals surface area contributed by atoms with Gasteiger partial charge >= 0.3 is 6.18 Å². The van der Waals surface area contributed by atoms with E-state index in [1.807, 2.05) is 7.05 Å². The number of nitrogens with one attached hydrogen (secondary N) is 2. The molecule has 0 atom stereocenters. The van der Waals surface area contributed by atoms with Crippen molar-refractivity contribution in [2.24, 2.45) is 0 Å². The fourth-order valence-corrected chi connectivity index (χ4v) is 4.26. The third-order valence-electron chi connectivity index (χ3n) is 6.09. The number of hydrogen-bond donors (Lipinski definition) is 2. The molecule has 2 fully saturated rings. The standard InChI is InChI=1S/C22H28F4N6/c1-31-9-11-32(12-10-31)19-8-7-16(13-17(19)22(24,25)26)29-21-27-14-18(23)20(30-21)28-15-5-3-2-4-6-15/h7-8,13-15H,2-6,9-12H2,1H3,(H2,27,28,29,30). The van der Waals surface area contributed by atoms with Crippen molar-refractivity contribution in [2.45, 2.75) is 44.3 Å². The smallest absolute Gasteiger partial charge is 0.368 e. The Morgan fingerprint density at radius 2 is 1.75 bits per heavy atom. The summed E-state index contributed by atoms with van der Waals surface area (Å²) in [6, 6.07) is 4.25. The van der Waals surface area contributed by atoms with Crippen molar-refractivity contribution in [2.75, 3.05) is 48.8 Å². The lowest BCUT2D eigenvalue weighted by Gasteiger charge is -2.35. The van der Waals surface area contributed by atoms with Gasteiger partial charge in [0.15, 0.2) is 11.6 Å². The maximum atomic E-state index is 14.2. The van der Waals surface area contributed by atoms with Gasteiger partial charge in [-0.3, -0.25) is 0 Å². The Morgan fingerprint density at radius 3 is 2.44 bits per heavy atom. The number of hydrogen-bond acceptors (Lipinski definition) is 6. The monoisotopic (exact) mass is 452 g/mol. The van der Waals surface area contributed by atoms with Gasteiger partial charge in [0.2, 0.25) is 5.95 Å². The highest BCUT2D eigenvalue weighted by Crippen LogP contribution is 2.39. The van der Waals surface area contributed by atoms with Gasteiger partial charge in [0.05, 0.1) is 11.8 Å². The van der Waals surface area contributed by atoms with E-state index >= 15 is 0 Å². The molecule has 2 N–H and O–H groups in total. The summed E-state index contributed by atoms with van der Waals surface area (Å²) in [4.78, 5) is 11.9. The minimum absolute atomic E-state index is 0.0465. The van der Waals surface area contributed by atoms with E-state index in [1.165, 1.54) is 12.5 Å². The van der Waals surface area contributed by atoms with Crippen LogP contribution in [0.5, 0.6) is 0 Å². The first-order chi connectivity index (χ1) is 15.3. The van der Waals surface area contributed by atoms with Crippen LogP contribution in [0, 0.1) is 5.82 Å². The maximum absolute atomic E-state index is 14.2. The van der Waals surface area contributed by atoms with Crippen molar-refractivity contribution < 1.29 is 17.6 Å². The molecule has 2 aliphatic rings. The first kappa shape index (κ1) is 22.6. The lowest BCUT2D eigenvalue weighted by Crippen LogP contribution is -2.45. The molecule has 1 aromatic carbocycles. The fourth-order valence-electron chi connectivity index (χ4n) is 4.26. The van der Waals surface area contributed by atoms with Crippen molar-refractivity contribution in [1.29, 1.82) is 0 Å². The molecule has 1 saturated carbocycles. The minimum Gasteiger partial charge on any atom is -0.368 e. The molecule has 1 aliphatic carbocycles. The molecule has 2 aromatic rings. The molecule has 0 spiro atoms. The Balaban J connectivity index is 1.54. The molecule has 1 aliphatic heterocycles. The molecule has 0 radical (unpaired) electrons. The molecule has 4 rings (SSSR count). The summed E-state index contributed by atoms with van der Waals surface area (Å²) in [5, 5.41) is 5.91. The van der Waals surface area contributed by atoms with Crippen LogP contribution in [-0.4, -0.2) is 54.1 Å². The lowest BCUT2D eigenvalue weighted by molar-refractivity contribution is -0.137. The first-order valence-corrected chi connectivity index (χ1v) is 11.0. The van der Waals surface area contributed by atoms with Gasteiger partial charge in [-0.15, -0.1) is 0 Å². The number of halogens is 4. The van der Waals surface area contributed by atoms with Crippen LogP contribution in [0.15, 0.2) is 24.4 Å². The minimum atomic E-state index is -4.51. The van der Waals surface area contributed by atoms with Gasteiger partial charge < -0.3 is 20.4 Å². The summed E-state index contributed by atoms with van der Waals surface area (Å²) in [5.74, 6) is -0.466. The molecule has 0 amide bonds. The Kier molecular flexibility index (Phi) is 6.68. The van der Waals surface area contributed by atoms with E-state index in [0.717, 1.165) is 37.9 Å². The highest BCUT2D eigenvalue weighted by Gasteiger charge is 2.35. The highest BCUT2D eigenvalue weighted by molar-refractivity contribution is 5.65. The van der Waals surface area contributed by atoms with Crippen LogP contribution in [-0.2, 0) is 6.18 Å². The van der Waals surface area contributed by atoms with Gasteiger partial charge in [0.1, 0.15) is 0 Å². The van der Waals surface area contributed by atoms with Crippen molar-refractivity contribution in [3.8, 4) is 0 Å². The van der Waals surface area contributed by atoms with Gasteiger partial charge in [-0.05, 0) is 38.1 Å². The third-order valence-corrected chi connectivity index (χ3v) is 6.09. The Morgan fingerprint density at radius 1 is 1.03 bits per heavy atom. The summed E-state index contributed by atoms with van der Waals surface area (Å²) >= 11 is 0. The molecular weight excluding hydrogens is 424 g/mol. The number of rotatable bonds is 5. The van der Waals surface area contributed by atoms with Crippen LogP contribution in [0.3, 0.4) is 0 Å². The molecule has 10 heteroatoms. The second kappa shape index (κ2) is 9.48. The molecule has 6 nitrogen and oxygen atoms in total. The topological polar surface area (TPSA) is 56.3 Å². The van der Waals surface area contributed by atoms with Crippen LogP contribution < -0.4 is 15.5 Å². The highest BCUT2D eigenvalue weighted by atomic mass is 19.4. The first-order valence-electron chi connectivity index (χ1n) is 11.0. The van der Waals surface area contributed by atoms with E-state index in [1.54, 1.807) is 11.0 Å². The zero-order chi connectivity index (χ0) is 22.7. The van der Waals surface area contributed by atoms with E-state index in [9.17, 15) is 17.6 Å². The van der Waals surface area contributed by atoms with E-state index in [4.69, 9.17) is 0 Å². The van der Waals surface area contributed by atoms with E-state index in [0.29, 0.717) is 26.2 Å². The predicted octanol–water partition coefficient (Wildman–Crippen LogP) is 4.87. The van der Waals surface area contributed by atoms with Gasteiger partial charge in [-0.1, -0.05) is 19.3 Å². The molecule has 1 aromatic heterocycles. The summed E-state index contributed by atoms with van der Waals surface area (Å²) in [6.45, 7) is 2.47. The van der Waals surface area contributed by atoms with Crippen molar-refractivity contribution >= 4 is 23.1 Å². The molecule has 0 unspecified atom stereocenters. The Bertz CT molecular complexity index is 921. The van der Waals surface area contributed by atoms with Gasteiger partial charge in [-0.2, -0.15) is 18.2 Å². The average Bonchev–Trinajstić information content (AvgIpc) is 2.77. The summed E-state index contributed by atoms with van der Waals surface area (Å²) < 4.78 is 55.7. The normalized spacial score (nSPS) is 18.6. The SMILES string of the molecule is CN1CCN(c2ccc(Nc3ncc(F)c(NC4CCCCC4)n3)cc2C(F)(F)F)CC1. The molecular formula is C22H28F4N6. The largest absolute Gasteiger partial charge is 0.418 e. The zero-order valence-electron chi connectivity index (χ0n) is 18.1. The third kappa shape index (κ3) is 5.40. The predicted molar refractivity (Wildman–Crippen MR) is 117 cm³/mol. The second-order valence-electron chi connectivity index (χ2n) is 8.51. The zero-order valence-corrected chi connectivity index (χ0v) is 18.1. The number of nitrogens with zero attached hydrogens (tertiary/aromatic N) is 4. The van der Waals surface area contributed by atoms with E-state index in [-0.39, 0.29) is 29.2 Å². The van der Waals surface area contributed by atoms with Gasteiger partial charge in [0.25, 0.3) is 0 Å². The van der Waals surface area contributed by atoms with E-state index in [2.05, 4.69) is 25.5 Å². The summed E-state index contributed by atoms with van der Waals surface area (Å²) in [7, 11) is 1.95. The molecule has 0 bridgehead atoms. The lowest BCUT2D eigenvalue weighted by atomic mass is 9.95.